The van der Waals surface area contributed by atoms with Crippen molar-refractivity contribution in [2.75, 3.05) is 11.4 Å². The van der Waals surface area contributed by atoms with E-state index in [1.165, 1.54) is 11.3 Å². The molecule has 6 nitrogen and oxygen atoms in total. The van der Waals surface area contributed by atoms with Crippen molar-refractivity contribution in [2.45, 2.75) is 32.3 Å². The number of amides is 1. The largest absolute Gasteiger partial charge is 0.481 e. The van der Waals surface area contributed by atoms with Crippen LogP contribution < -0.4 is 4.90 Å². The van der Waals surface area contributed by atoms with Gasteiger partial charge in [-0.2, -0.15) is 0 Å². The molecule has 0 bridgehead atoms. The number of hydrogen-bond donors (Lipinski definition) is 1. The highest BCUT2D eigenvalue weighted by Crippen LogP contribution is 2.29. The van der Waals surface area contributed by atoms with Gasteiger partial charge in [0.2, 0.25) is 0 Å². The lowest BCUT2D eigenvalue weighted by Crippen LogP contribution is -2.32. The summed E-state index contributed by atoms with van der Waals surface area (Å²) in [5.41, 5.74) is 1.76. The van der Waals surface area contributed by atoms with Gasteiger partial charge < -0.3 is 9.84 Å². The van der Waals surface area contributed by atoms with Crippen LogP contribution in [-0.2, 0) is 16.1 Å². The smallest absolute Gasteiger partial charge is 0.416 e. The molecule has 0 unspecified atom stereocenters. The molecule has 0 radical (unpaired) electrons. The van der Waals surface area contributed by atoms with Crippen LogP contribution in [0.4, 0.5) is 9.93 Å². The van der Waals surface area contributed by atoms with Crippen molar-refractivity contribution < 1.29 is 19.4 Å². The summed E-state index contributed by atoms with van der Waals surface area (Å²) in [6.45, 7) is 0.632. The second kappa shape index (κ2) is 9.85. The predicted molar refractivity (Wildman–Crippen MR) is 110 cm³/mol. The van der Waals surface area contributed by atoms with E-state index in [1.807, 2.05) is 54.6 Å². The molecule has 0 saturated carbocycles. The van der Waals surface area contributed by atoms with Gasteiger partial charge in [0.25, 0.3) is 0 Å². The van der Waals surface area contributed by atoms with E-state index in [9.17, 15) is 9.59 Å². The van der Waals surface area contributed by atoms with Crippen molar-refractivity contribution in [1.29, 1.82) is 0 Å². The highest BCUT2D eigenvalue weighted by atomic mass is 32.1. The lowest BCUT2D eigenvalue weighted by molar-refractivity contribution is -0.137. The molecule has 0 spiro atoms. The van der Waals surface area contributed by atoms with Crippen LogP contribution in [0.1, 0.15) is 31.2 Å². The van der Waals surface area contributed by atoms with Crippen LogP contribution in [0.3, 0.4) is 0 Å². The number of ether oxygens (including phenoxy) is 1. The number of anilines is 1. The van der Waals surface area contributed by atoms with Crippen molar-refractivity contribution in [2.24, 2.45) is 0 Å². The first-order valence-corrected chi connectivity index (χ1v) is 10.0. The van der Waals surface area contributed by atoms with Crippen LogP contribution in [0.5, 0.6) is 0 Å². The van der Waals surface area contributed by atoms with E-state index in [-0.39, 0.29) is 13.0 Å². The van der Waals surface area contributed by atoms with Crippen LogP contribution in [0, 0.1) is 0 Å². The monoisotopic (exact) mass is 398 g/mol. The van der Waals surface area contributed by atoms with Gasteiger partial charge in [0.05, 0.1) is 10.2 Å². The Bertz CT molecular complexity index is 893. The van der Waals surface area contributed by atoms with E-state index in [0.717, 1.165) is 22.2 Å². The van der Waals surface area contributed by atoms with Gasteiger partial charge in [-0.1, -0.05) is 60.2 Å². The first-order chi connectivity index (χ1) is 13.6. The Morgan fingerprint density at radius 2 is 1.75 bits per heavy atom. The Kier molecular flexibility index (Phi) is 6.97. The minimum Gasteiger partial charge on any atom is -0.481 e. The molecule has 3 rings (SSSR count). The quantitative estimate of drug-likeness (QED) is 0.508. The van der Waals surface area contributed by atoms with E-state index < -0.39 is 12.1 Å². The fraction of sp³-hybridized carbons (Fsp3) is 0.286. The number of para-hydroxylation sites is 1. The van der Waals surface area contributed by atoms with Gasteiger partial charge in [-0.3, -0.25) is 9.69 Å². The minimum atomic E-state index is -0.801. The molecular formula is C21H22N2O4S. The maximum absolute atomic E-state index is 12.7. The molecule has 0 saturated heterocycles. The van der Waals surface area contributed by atoms with Gasteiger partial charge in [-0.05, 0) is 30.5 Å². The molecule has 0 atom stereocenters. The number of aliphatic carboxylic acids is 1. The molecule has 0 aliphatic heterocycles. The lowest BCUT2D eigenvalue weighted by Gasteiger charge is -2.19. The number of nitrogens with zero attached hydrogens (tertiary/aromatic N) is 2. The molecule has 1 aromatic heterocycles. The van der Waals surface area contributed by atoms with Crippen molar-refractivity contribution in [3.63, 3.8) is 0 Å². The van der Waals surface area contributed by atoms with Crippen LogP contribution in [0.2, 0.25) is 0 Å². The zero-order chi connectivity index (χ0) is 19.8. The summed E-state index contributed by atoms with van der Waals surface area (Å²) in [5, 5.41) is 9.35. The Hall–Kier alpha value is -2.93. The second-order valence-electron chi connectivity index (χ2n) is 6.36. The normalized spacial score (nSPS) is 10.7. The highest BCUT2D eigenvalue weighted by Gasteiger charge is 2.21. The molecule has 3 aromatic rings. The van der Waals surface area contributed by atoms with Crippen molar-refractivity contribution in [1.82, 2.24) is 4.98 Å². The molecule has 0 aliphatic rings. The number of rotatable bonds is 9. The number of carboxylic acid groups (broad SMARTS) is 1. The first-order valence-electron chi connectivity index (χ1n) is 9.19. The fourth-order valence-corrected chi connectivity index (χ4v) is 3.74. The third-order valence-corrected chi connectivity index (χ3v) is 5.27. The maximum atomic E-state index is 12.7. The van der Waals surface area contributed by atoms with E-state index in [4.69, 9.17) is 9.84 Å². The number of fused-ring (bicyclic) bond motifs is 1. The van der Waals surface area contributed by atoms with Crippen LogP contribution in [-0.4, -0.2) is 28.7 Å². The number of carboxylic acids is 1. The standard InChI is InChI=1S/C21H22N2O4S/c24-19(25)13-5-2-8-14-23(20-22-17-11-6-7-12-18(17)28-20)21(26)27-15-16-9-3-1-4-10-16/h1,3-4,6-7,9-12H,2,5,8,13-15H2,(H,24,25). The van der Waals surface area contributed by atoms with Crippen molar-refractivity contribution in [3.05, 3.63) is 60.2 Å². The third kappa shape index (κ3) is 5.53. The zero-order valence-corrected chi connectivity index (χ0v) is 16.2. The van der Waals surface area contributed by atoms with E-state index >= 15 is 0 Å². The topological polar surface area (TPSA) is 79.7 Å². The second-order valence-corrected chi connectivity index (χ2v) is 7.37. The summed E-state index contributed by atoms with van der Waals surface area (Å²) in [6, 6.07) is 17.3. The van der Waals surface area contributed by atoms with Gasteiger partial charge in [-0.15, -0.1) is 0 Å². The van der Waals surface area contributed by atoms with Crippen LogP contribution >= 0.6 is 11.3 Å². The van der Waals surface area contributed by atoms with Crippen molar-refractivity contribution >= 4 is 38.7 Å². The Balaban J connectivity index is 1.67. The Labute approximate surface area is 167 Å². The van der Waals surface area contributed by atoms with Crippen molar-refractivity contribution in [3.8, 4) is 0 Å². The predicted octanol–water partition coefficient (Wildman–Crippen LogP) is 5.08. The number of carbonyl (C=O) groups is 2. The SMILES string of the molecule is O=C(O)CCCCCN(C(=O)OCc1ccccc1)c1nc2ccccc2s1. The number of benzene rings is 2. The average molecular weight is 398 g/mol. The molecule has 2 aromatic carbocycles. The summed E-state index contributed by atoms with van der Waals surface area (Å²) >= 11 is 1.44. The summed E-state index contributed by atoms with van der Waals surface area (Å²) in [4.78, 5) is 29.5. The maximum Gasteiger partial charge on any atom is 0.416 e. The number of hydrogen-bond acceptors (Lipinski definition) is 5. The number of carbonyl (C=O) groups excluding carboxylic acids is 1. The molecule has 1 N–H and O–H groups in total. The van der Waals surface area contributed by atoms with Gasteiger partial charge in [0.1, 0.15) is 6.61 Å². The molecule has 28 heavy (non-hydrogen) atoms. The van der Waals surface area contributed by atoms with E-state index in [2.05, 4.69) is 4.98 Å². The lowest BCUT2D eigenvalue weighted by atomic mass is 10.2. The summed E-state index contributed by atoms with van der Waals surface area (Å²) in [7, 11) is 0. The molecule has 1 amide bonds. The average Bonchev–Trinajstić information content (AvgIpc) is 3.13. The van der Waals surface area contributed by atoms with Gasteiger partial charge in [-0.25, -0.2) is 9.78 Å². The van der Waals surface area contributed by atoms with Gasteiger partial charge in [0.15, 0.2) is 5.13 Å². The minimum absolute atomic E-state index is 0.138. The number of thiazole rings is 1. The first kappa shape index (κ1) is 19.8. The molecule has 146 valence electrons. The fourth-order valence-electron chi connectivity index (χ4n) is 2.76. The number of aromatic nitrogens is 1. The molecule has 0 fully saturated rings. The number of unbranched alkanes of at least 4 members (excludes halogenated alkanes) is 2. The Morgan fingerprint density at radius 1 is 1.00 bits per heavy atom. The zero-order valence-electron chi connectivity index (χ0n) is 15.4. The summed E-state index contributed by atoms with van der Waals surface area (Å²) in [6.07, 6.45) is 1.69. The van der Waals surface area contributed by atoms with Crippen LogP contribution in [0.25, 0.3) is 10.2 Å². The third-order valence-electron chi connectivity index (χ3n) is 4.21. The van der Waals surface area contributed by atoms with Gasteiger partial charge >= 0.3 is 12.1 Å². The van der Waals surface area contributed by atoms with Gasteiger partial charge in [0, 0.05) is 13.0 Å². The molecule has 0 aliphatic carbocycles. The Morgan fingerprint density at radius 3 is 2.50 bits per heavy atom. The van der Waals surface area contributed by atoms with Crippen LogP contribution in [0.15, 0.2) is 54.6 Å². The van der Waals surface area contributed by atoms with E-state index in [0.29, 0.717) is 24.5 Å². The van der Waals surface area contributed by atoms with E-state index in [1.54, 1.807) is 4.90 Å². The summed E-state index contributed by atoms with van der Waals surface area (Å²) < 4.78 is 6.50. The molecule has 1 heterocycles. The molecular weight excluding hydrogens is 376 g/mol. The highest BCUT2D eigenvalue weighted by molar-refractivity contribution is 7.22. The molecule has 7 heteroatoms. The summed E-state index contributed by atoms with van der Waals surface area (Å²) in [5.74, 6) is -0.801.